The first-order chi connectivity index (χ1) is 16.2. The first-order valence-electron chi connectivity index (χ1n) is 11.9. The molecule has 186 valence electrons. The number of anilines is 1. The molecule has 2 rings (SSSR count). The van der Waals surface area contributed by atoms with Gasteiger partial charge in [0.05, 0.1) is 11.9 Å². The monoisotopic (exact) mass is 487 g/mol. The normalized spacial score (nSPS) is 12.1. The molecule has 34 heavy (non-hydrogen) atoms. The van der Waals surface area contributed by atoms with Gasteiger partial charge in [-0.1, -0.05) is 61.9 Å². The molecule has 0 aromatic heterocycles. The van der Waals surface area contributed by atoms with Crippen molar-refractivity contribution in [3.63, 3.8) is 0 Å². The highest BCUT2D eigenvalue weighted by Crippen LogP contribution is 2.18. The van der Waals surface area contributed by atoms with Crippen LogP contribution in [0.4, 0.5) is 5.69 Å². The Hall–Kier alpha value is -2.87. The van der Waals surface area contributed by atoms with Crippen molar-refractivity contribution in [2.24, 2.45) is 0 Å². The summed E-state index contributed by atoms with van der Waals surface area (Å²) in [5.74, 6) is -0.326. The topological polar surface area (TPSA) is 86.8 Å². The van der Waals surface area contributed by atoms with Crippen molar-refractivity contribution in [3.8, 4) is 0 Å². The standard InChI is InChI=1S/C26H37N3O4S/c1-4-5-19-27-26(31)22(2)28(21-18-23-13-8-6-9-14-23)25(30)17-12-20-29(34(3,32)33)24-15-10-7-11-16-24/h6-11,13-16,22H,4-5,12,17-21H2,1-3H3,(H,27,31). The lowest BCUT2D eigenvalue weighted by Crippen LogP contribution is -2.49. The Morgan fingerprint density at radius 2 is 1.56 bits per heavy atom. The van der Waals surface area contributed by atoms with Crippen LogP contribution in [0.5, 0.6) is 0 Å². The number of nitrogens with one attached hydrogen (secondary N) is 1. The fraction of sp³-hybridized carbons (Fsp3) is 0.462. The fourth-order valence-corrected chi connectivity index (χ4v) is 4.67. The van der Waals surface area contributed by atoms with Crippen molar-refractivity contribution in [1.82, 2.24) is 10.2 Å². The van der Waals surface area contributed by atoms with Crippen molar-refractivity contribution >= 4 is 27.5 Å². The molecule has 0 bridgehead atoms. The zero-order valence-corrected chi connectivity index (χ0v) is 21.3. The highest BCUT2D eigenvalue weighted by molar-refractivity contribution is 7.92. The molecule has 2 amide bonds. The smallest absolute Gasteiger partial charge is 0.242 e. The zero-order chi connectivity index (χ0) is 25.0. The molecular weight excluding hydrogens is 450 g/mol. The largest absolute Gasteiger partial charge is 0.354 e. The lowest BCUT2D eigenvalue weighted by Gasteiger charge is -2.29. The minimum Gasteiger partial charge on any atom is -0.354 e. The van der Waals surface area contributed by atoms with Gasteiger partial charge < -0.3 is 10.2 Å². The highest BCUT2D eigenvalue weighted by atomic mass is 32.2. The molecule has 0 aliphatic rings. The van der Waals surface area contributed by atoms with Crippen molar-refractivity contribution < 1.29 is 18.0 Å². The highest BCUT2D eigenvalue weighted by Gasteiger charge is 2.26. The number of carbonyl (C=O) groups excluding carboxylic acids is 2. The van der Waals surface area contributed by atoms with E-state index in [-0.39, 0.29) is 24.8 Å². The Morgan fingerprint density at radius 3 is 2.15 bits per heavy atom. The minimum absolute atomic E-state index is 0.153. The first kappa shape index (κ1) is 27.4. The maximum absolute atomic E-state index is 13.2. The molecule has 2 aromatic carbocycles. The van der Waals surface area contributed by atoms with Gasteiger partial charge in [0.2, 0.25) is 21.8 Å². The van der Waals surface area contributed by atoms with Gasteiger partial charge in [0, 0.05) is 26.1 Å². The van der Waals surface area contributed by atoms with Crippen LogP contribution < -0.4 is 9.62 Å². The lowest BCUT2D eigenvalue weighted by molar-refractivity contribution is -0.139. The van der Waals surface area contributed by atoms with Crippen LogP contribution in [-0.2, 0) is 26.0 Å². The van der Waals surface area contributed by atoms with E-state index < -0.39 is 16.1 Å². The van der Waals surface area contributed by atoms with Crippen LogP contribution in [0.15, 0.2) is 60.7 Å². The molecule has 7 nitrogen and oxygen atoms in total. The van der Waals surface area contributed by atoms with Crippen molar-refractivity contribution in [2.75, 3.05) is 30.2 Å². The van der Waals surface area contributed by atoms with Gasteiger partial charge in [-0.05, 0) is 43.9 Å². The van der Waals surface area contributed by atoms with Gasteiger partial charge in [-0.15, -0.1) is 0 Å². The predicted octanol–water partition coefficient (Wildman–Crippen LogP) is 3.61. The fourth-order valence-electron chi connectivity index (χ4n) is 3.70. The number of sulfonamides is 1. The van der Waals surface area contributed by atoms with Crippen molar-refractivity contribution in [3.05, 3.63) is 66.2 Å². The molecule has 0 fully saturated rings. The second-order valence-corrected chi connectivity index (χ2v) is 10.3. The van der Waals surface area contributed by atoms with E-state index in [0.29, 0.717) is 31.6 Å². The van der Waals surface area contributed by atoms with E-state index in [1.54, 1.807) is 36.1 Å². The number of amides is 2. The summed E-state index contributed by atoms with van der Waals surface area (Å²) in [7, 11) is -3.48. The number of hydrogen-bond donors (Lipinski definition) is 1. The third kappa shape index (κ3) is 8.82. The quantitative estimate of drug-likeness (QED) is 0.413. The third-order valence-corrected chi connectivity index (χ3v) is 6.87. The van der Waals surface area contributed by atoms with Crippen LogP contribution in [0.3, 0.4) is 0 Å². The molecule has 1 atom stereocenters. The van der Waals surface area contributed by atoms with Gasteiger partial charge in [0.1, 0.15) is 6.04 Å². The van der Waals surface area contributed by atoms with E-state index in [9.17, 15) is 18.0 Å². The number of nitrogens with zero attached hydrogens (tertiary/aromatic N) is 2. The van der Waals surface area contributed by atoms with Crippen LogP contribution in [-0.4, -0.2) is 57.1 Å². The summed E-state index contributed by atoms with van der Waals surface area (Å²) in [6.45, 7) is 5.00. The lowest BCUT2D eigenvalue weighted by atomic mass is 10.1. The Labute approximate surface area is 204 Å². The molecule has 0 saturated heterocycles. The number of unbranched alkanes of at least 4 members (excludes halogenated alkanes) is 1. The van der Waals surface area contributed by atoms with Crippen LogP contribution in [0.1, 0.15) is 45.1 Å². The van der Waals surface area contributed by atoms with Gasteiger partial charge in [-0.3, -0.25) is 13.9 Å². The molecule has 0 heterocycles. The van der Waals surface area contributed by atoms with Crippen molar-refractivity contribution in [2.45, 2.75) is 52.0 Å². The Morgan fingerprint density at radius 1 is 0.941 bits per heavy atom. The molecule has 0 aliphatic heterocycles. The van der Waals surface area contributed by atoms with Crippen LogP contribution in [0.2, 0.25) is 0 Å². The molecule has 2 aromatic rings. The third-order valence-electron chi connectivity index (χ3n) is 5.68. The number of para-hydroxylation sites is 1. The molecule has 0 saturated carbocycles. The number of hydrogen-bond acceptors (Lipinski definition) is 4. The summed E-state index contributed by atoms with van der Waals surface area (Å²) in [6, 6.07) is 18.1. The second kappa shape index (κ2) is 13.7. The SMILES string of the molecule is CCCCNC(=O)C(C)N(CCc1ccccc1)C(=O)CCCN(c1ccccc1)S(C)(=O)=O. The summed E-state index contributed by atoms with van der Waals surface area (Å²) in [5, 5.41) is 2.91. The average molecular weight is 488 g/mol. The van der Waals surface area contributed by atoms with Crippen LogP contribution >= 0.6 is 0 Å². The summed E-state index contributed by atoms with van der Waals surface area (Å²) in [6.07, 6.45) is 4.17. The number of benzene rings is 2. The van der Waals surface area contributed by atoms with Crippen LogP contribution in [0.25, 0.3) is 0 Å². The molecule has 0 aliphatic carbocycles. The number of rotatable bonds is 14. The van der Waals surface area contributed by atoms with Gasteiger partial charge >= 0.3 is 0 Å². The zero-order valence-electron chi connectivity index (χ0n) is 20.4. The first-order valence-corrected chi connectivity index (χ1v) is 13.7. The van der Waals surface area contributed by atoms with Gasteiger partial charge in [-0.2, -0.15) is 0 Å². The Bertz CT molecular complexity index is 997. The van der Waals surface area contributed by atoms with E-state index in [2.05, 4.69) is 12.2 Å². The van der Waals surface area contributed by atoms with E-state index in [1.165, 1.54) is 4.31 Å². The minimum atomic E-state index is -3.48. The molecule has 1 N–H and O–H groups in total. The Balaban J connectivity index is 2.06. The van der Waals surface area contributed by atoms with Crippen LogP contribution in [0, 0.1) is 0 Å². The molecule has 0 radical (unpaired) electrons. The molecule has 8 heteroatoms. The van der Waals surface area contributed by atoms with E-state index in [1.807, 2.05) is 36.4 Å². The average Bonchev–Trinajstić information content (AvgIpc) is 2.82. The molecule has 0 spiro atoms. The summed E-state index contributed by atoms with van der Waals surface area (Å²) in [4.78, 5) is 27.5. The Kier molecular flexibility index (Phi) is 11.1. The molecular formula is C26H37N3O4S. The predicted molar refractivity (Wildman–Crippen MR) is 137 cm³/mol. The van der Waals surface area contributed by atoms with E-state index in [4.69, 9.17) is 0 Å². The maximum Gasteiger partial charge on any atom is 0.242 e. The maximum atomic E-state index is 13.2. The summed E-state index contributed by atoms with van der Waals surface area (Å²) < 4.78 is 25.9. The van der Waals surface area contributed by atoms with Gasteiger partial charge in [0.25, 0.3) is 0 Å². The second-order valence-electron chi connectivity index (χ2n) is 8.42. The van der Waals surface area contributed by atoms with Crippen molar-refractivity contribution in [1.29, 1.82) is 0 Å². The number of carbonyl (C=O) groups is 2. The van der Waals surface area contributed by atoms with E-state index >= 15 is 0 Å². The molecule has 1 unspecified atom stereocenters. The van der Waals surface area contributed by atoms with Gasteiger partial charge in [-0.25, -0.2) is 8.42 Å². The van der Waals surface area contributed by atoms with E-state index in [0.717, 1.165) is 24.7 Å². The van der Waals surface area contributed by atoms with Gasteiger partial charge in [0.15, 0.2) is 0 Å². The summed E-state index contributed by atoms with van der Waals surface area (Å²) >= 11 is 0. The summed E-state index contributed by atoms with van der Waals surface area (Å²) in [5.41, 5.74) is 1.66.